The second-order valence-electron chi connectivity index (χ2n) is 7.46. The molecule has 31 heavy (non-hydrogen) atoms. The Morgan fingerprint density at radius 1 is 1.13 bits per heavy atom. The number of carbonyl (C=O) groups is 2. The van der Waals surface area contributed by atoms with Gasteiger partial charge in [-0.05, 0) is 25.2 Å². The van der Waals surface area contributed by atoms with E-state index in [1.165, 1.54) is 7.11 Å². The zero-order valence-electron chi connectivity index (χ0n) is 17.6. The predicted octanol–water partition coefficient (Wildman–Crippen LogP) is 0.563. The van der Waals surface area contributed by atoms with E-state index in [1.54, 1.807) is 30.1 Å². The molecule has 0 bridgehead atoms. The summed E-state index contributed by atoms with van der Waals surface area (Å²) in [5.74, 6) is -0.815. The summed E-state index contributed by atoms with van der Waals surface area (Å²) < 4.78 is 6.48. The fourth-order valence-corrected chi connectivity index (χ4v) is 3.77. The minimum atomic E-state index is -0.605. The second kappa shape index (κ2) is 8.23. The van der Waals surface area contributed by atoms with Gasteiger partial charge >= 0.3 is 5.97 Å². The molecule has 3 heterocycles. The van der Waals surface area contributed by atoms with Gasteiger partial charge in [0.15, 0.2) is 0 Å². The Hall–Kier alpha value is -3.66. The van der Waals surface area contributed by atoms with E-state index in [0.717, 1.165) is 31.9 Å². The molecule has 0 saturated carbocycles. The quantitative estimate of drug-likeness (QED) is 0.589. The molecule has 10 heteroatoms. The van der Waals surface area contributed by atoms with Gasteiger partial charge < -0.3 is 24.4 Å². The van der Waals surface area contributed by atoms with Crippen LogP contribution in [0.15, 0.2) is 35.4 Å². The van der Waals surface area contributed by atoms with Crippen molar-refractivity contribution >= 4 is 17.6 Å². The molecular weight excluding hydrogens is 400 g/mol. The number of esters is 1. The fourth-order valence-electron chi connectivity index (χ4n) is 3.77. The number of piperazine rings is 1. The van der Waals surface area contributed by atoms with Gasteiger partial charge in [-0.2, -0.15) is 5.10 Å². The predicted molar refractivity (Wildman–Crippen MR) is 115 cm³/mol. The van der Waals surface area contributed by atoms with Crippen molar-refractivity contribution in [2.45, 2.75) is 0 Å². The molecule has 0 radical (unpaired) electrons. The van der Waals surface area contributed by atoms with Crippen LogP contribution < -0.4 is 15.8 Å². The van der Waals surface area contributed by atoms with Crippen molar-refractivity contribution in [2.24, 2.45) is 0 Å². The van der Waals surface area contributed by atoms with Crippen LogP contribution in [0.4, 0.5) is 5.69 Å². The van der Waals surface area contributed by atoms with Crippen LogP contribution in [0.3, 0.4) is 0 Å². The van der Waals surface area contributed by atoms with E-state index in [-0.39, 0.29) is 22.7 Å². The standard InChI is InChI=1S/C21H24N6O4/c1-22-19(28)14-10-13(4-5-17(14)26-8-6-25(2)7-9-26)27-11-15-18(23-24-20(15)29)16(12-27)21(30)31-3/h4-5,10-12H,6-9H2,1-3H3,(H,22,28)(H,24,29). The normalized spacial score (nSPS) is 14.6. The number of ether oxygens (including phenoxy) is 1. The van der Waals surface area contributed by atoms with Crippen molar-refractivity contribution in [3.05, 3.63) is 52.1 Å². The number of benzene rings is 1. The van der Waals surface area contributed by atoms with Crippen molar-refractivity contribution in [1.29, 1.82) is 0 Å². The lowest BCUT2D eigenvalue weighted by Crippen LogP contribution is -2.45. The Morgan fingerprint density at radius 3 is 2.55 bits per heavy atom. The Bertz CT molecular complexity index is 1160. The lowest BCUT2D eigenvalue weighted by Gasteiger charge is -2.35. The van der Waals surface area contributed by atoms with Crippen LogP contribution in [-0.2, 0) is 4.74 Å². The van der Waals surface area contributed by atoms with Gasteiger partial charge in [-0.15, -0.1) is 0 Å². The first-order valence-corrected chi connectivity index (χ1v) is 9.91. The summed E-state index contributed by atoms with van der Waals surface area (Å²) >= 11 is 0. The summed E-state index contributed by atoms with van der Waals surface area (Å²) in [6, 6.07) is 5.51. The molecule has 1 fully saturated rings. The Labute approximate surface area is 178 Å². The first-order chi connectivity index (χ1) is 14.9. The summed E-state index contributed by atoms with van der Waals surface area (Å²) in [5, 5.41) is 9.00. The lowest BCUT2D eigenvalue weighted by molar-refractivity contribution is 0.0600. The monoisotopic (exact) mass is 424 g/mol. The maximum absolute atomic E-state index is 12.7. The Balaban J connectivity index is 1.83. The maximum Gasteiger partial charge on any atom is 0.341 e. The molecule has 1 amide bonds. The molecule has 3 aliphatic heterocycles. The SMILES string of the molecule is CNC(=O)c1cc(-n2cc(C(=O)OC)c3n[nH]c(=O)c-3c2)ccc1N1CCN(C)CC1. The van der Waals surface area contributed by atoms with E-state index < -0.39 is 11.5 Å². The van der Waals surface area contributed by atoms with Crippen LogP contribution in [0.5, 0.6) is 0 Å². The number of nitrogens with zero attached hydrogens (tertiary/aromatic N) is 4. The molecule has 0 aromatic heterocycles. The highest BCUT2D eigenvalue weighted by atomic mass is 16.5. The van der Waals surface area contributed by atoms with Gasteiger partial charge in [0.05, 0.1) is 18.2 Å². The summed E-state index contributed by atoms with van der Waals surface area (Å²) in [6.45, 7) is 3.46. The highest BCUT2D eigenvalue weighted by Gasteiger charge is 2.24. The molecular formula is C21H24N6O4. The van der Waals surface area contributed by atoms with Crippen molar-refractivity contribution in [1.82, 2.24) is 25.0 Å². The average molecular weight is 424 g/mol. The number of H-pyrrole nitrogens is 1. The van der Waals surface area contributed by atoms with E-state index in [2.05, 4.69) is 32.4 Å². The van der Waals surface area contributed by atoms with Crippen LogP contribution in [-0.4, -0.2) is 78.9 Å². The van der Waals surface area contributed by atoms with Crippen molar-refractivity contribution in [3.8, 4) is 16.9 Å². The third-order valence-corrected chi connectivity index (χ3v) is 5.56. The highest BCUT2D eigenvalue weighted by molar-refractivity contribution is 6.00. The number of fused-ring (bicyclic) bond motifs is 1. The van der Waals surface area contributed by atoms with Crippen LogP contribution in [0.1, 0.15) is 20.7 Å². The molecule has 0 atom stereocenters. The number of hydrogen-bond acceptors (Lipinski definition) is 7. The number of likely N-dealkylation sites (N-methyl/N-ethyl adjacent to an activating group) is 1. The maximum atomic E-state index is 12.7. The van der Waals surface area contributed by atoms with Gasteiger partial charge in [-0.25, -0.2) is 9.89 Å². The zero-order chi connectivity index (χ0) is 22.1. The molecule has 162 valence electrons. The van der Waals surface area contributed by atoms with E-state index in [9.17, 15) is 14.4 Å². The van der Waals surface area contributed by atoms with E-state index in [4.69, 9.17) is 4.74 Å². The Morgan fingerprint density at radius 2 is 1.87 bits per heavy atom. The number of nitrogens with one attached hydrogen (secondary N) is 2. The van der Waals surface area contributed by atoms with Gasteiger partial charge in [-0.1, -0.05) is 0 Å². The smallest absolute Gasteiger partial charge is 0.341 e. The third-order valence-electron chi connectivity index (χ3n) is 5.56. The fraction of sp³-hybridized carbons (Fsp3) is 0.333. The zero-order valence-corrected chi connectivity index (χ0v) is 17.6. The van der Waals surface area contributed by atoms with Crippen LogP contribution in [0.25, 0.3) is 16.9 Å². The molecule has 1 aromatic carbocycles. The van der Waals surface area contributed by atoms with E-state index in [1.807, 2.05) is 12.1 Å². The van der Waals surface area contributed by atoms with Gasteiger partial charge in [0.25, 0.3) is 11.5 Å². The van der Waals surface area contributed by atoms with Crippen LogP contribution in [0, 0.1) is 0 Å². The number of aromatic amines is 1. The van der Waals surface area contributed by atoms with Crippen molar-refractivity contribution in [3.63, 3.8) is 0 Å². The second-order valence-corrected chi connectivity index (χ2v) is 7.46. The van der Waals surface area contributed by atoms with Crippen molar-refractivity contribution in [2.75, 3.05) is 52.3 Å². The van der Waals surface area contributed by atoms with Gasteiger partial charge in [0, 0.05) is 57.0 Å². The average Bonchev–Trinajstić information content (AvgIpc) is 3.18. The van der Waals surface area contributed by atoms with Gasteiger partial charge in [0.2, 0.25) is 0 Å². The Kier molecular flexibility index (Phi) is 5.47. The number of hydrogen-bond donors (Lipinski definition) is 2. The summed E-state index contributed by atoms with van der Waals surface area (Å²) in [7, 11) is 4.93. The minimum Gasteiger partial charge on any atom is -0.465 e. The highest BCUT2D eigenvalue weighted by Crippen LogP contribution is 2.27. The number of amides is 1. The lowest BCUT2D eigenvalue weighted by atomic mass is 10.1. The molecule has 0 aliphatic carbocycles. The molecule has 10 nitrogen and oxygen atoms in total. The number of methoxy groups -OCH3 is 1. The van der Waals surface area contributed by atoms with Crippen LogP contribution >= 0.6 is 0 Å². The number of anilines is 1. The largest absolute Gasteiger partial charge is 0.465 e. The molecule has 2 N–H and O–H groups in total. The molecule has 1 aromatic rings. The molecule has 0 unspecified atom stereocenters. The first-order valence-electron chi connectivity index (χ1n) is 9.91. The number of aromatic nitrogens is 3. The minimum absolute atomic E-state index is 0.156. The number of rotatable bonds is 4. The molecule has 4 rings (SSSR count). The summed E-state index contributed by atoms with van der Waals surface area (Å²) in [4.78, 5) is 41.5. The van der Waals surface area contributed by atoms with Gasteiger partial charge in [-0.3, -0.25) is 9.59 Å². The molecule has 1 saturated heterocycles. The first kappa shape index (κ1) is 20.6. The molecule has 0 spiro atoms. The topological polar surface area (TPSA) is 113 Å². The molecule has 3 aliphatic rings. The van der Waals surface area contributed by atoms with Crippen molar-refractivity contribution < 1.29 is 14.3 Å². The van der Waals surface area contributed by atoms with Crippen LogP contribution in [0.2, 0.25) is 0 Å². The van der Waals surface area contributed by atoms with Gasteiger partial charge in [0.1, 0.15) is 11.3 Å². The summed E-state index contributed by atoms with van der Waals surface area (Å²) in [5.41, 5.74) is 2.24. The number of pyridine rings is 1. The summed E-state index contributed by atoms with van der Waals surface area (Å²) in [6.07, 6.45) is 3.14. The van der Waals surface area contributed by atoms with E-state index >= 15 is 0 Å². The number of carbonyl (C=O) groups excluding carboxylic acids is 2. The third kappa shape index (κ3) is 3.77. The van der Waals surface area contributed by atoms with E-state index in [0.29, 0.717) is 11.3 Å².